The van der Waals surface area contributed by atoms with Gasteiger partial charge in [-0.15, -0.1) is 0 Å². The predicted octanol–water partition coefficient (Wildman–Crippen LogP) is 7.03. The predicted molar refractivity (Wildman–Crippen MR) is 141 cm³/mol. The quantitative estimate of drug-likeness (QED) is 0.323. The van der Waals surface area contributed by atoms with E-state index in [-0.39, 0.29) is 39.7 Å². The molecule has 184 valence electrons. The number of halogens is 3. The molecule has 0 aliphatic carbocycles. The van der Waals surface area contributed by atoms with E-state index >= 15 is 0 Å². The van der Waals surface area contributed by atoms with Crippen LogP contribution in [0.5, 0.6) is 5.75 Å². The highest BCUT2D eigenvalue weighted by Gasteiger charge is 2.32. The molecule has 1 amide bonds. The lowest BCUT2D eigenvalue weighted by atomic mass is 10.2. The van der Waals surface area contributed by atoms with Gasteiger partial charge < -0.3 is 9.84 Å². The van der Waals surface area contributed by atoms with Crippen LogP contribution in [-0.2, 0) is 11.4 Å². The van der Waals surface area contributed by atoms with Crippen molar-refractivity contribution in [2.24, 2.45) is 4.99 Å². The largest absolute Gasteiger partial charge is 0.486 e. The number of thioether (sulfide) groups is 1. The Bertz CT molecular complexity index is 1370. The van der Waals surface area contributed by atoms with Crippen molar-refractivity contribution in [2.75, 3.05) is 6.54 Å². The van der Waals surface area contributed by atoms with Gasteiger partial charge in [0, 0.05) is 6.54 Å². The van der Waals surface area contributed by atoms with Gasteiger partial charge >= 0.3 is 5.97 Å². The number of carbonyl (C=O) groups excluding carboxylic acids is 1. The van der Waals surface area contributed by atoms with Crippen LogP contribution in [0.1, 0.15) is 28.4 Å². The van der Waals surface area contributed by atoms with Gasteiger partial charge in [0.2, 0.25) is 0 Å². The highest BCUT2D eigenvalue weighted by Crippen LogP contribution is 2.38. The van der Waals surface area contributed by atoms with Gasteiger partial charge in [-0.1, -0.05) is 41.4 Å². The summed E-state index contributed by atoms with van der Waals surface area (Å²) >= 11 is 14.0. The molecular weight excluding hydrogens is 526 g/mol. The van der Waals surface area contributed by atoms with E-state index in [0.29, 0.717) is 27.9 Å². The molecule has 0 aromatic heterocycles. The van der Waals surface area contributed by atoms with Gasteiger partial charge in [-0.3, -0.25) is 9.69 Å². The summed E-state index contributed by atoms with van der Waals surface area (Å²) in [6.07, 6.45) is 1.66. The van der Waals surface area contributed by atoms with Gasteiger partial charge in [-0.2, -0.15) is 0 Å². The molecule has 0 bridgehead atoms. The van der Waals surface area contributed by atoms with Crippen LogP contribution in [0.3, 0.4) is 0 Å². The highest BCUT2D eigenvalue weighted by atomic mass is 35.5. The minimum atomic E-state index is -1.06. The number of carbonyl (C=O) groups is 2. The Morgan fingerprint density at radius 3 is 2.47 bits per heavy atom. The first-order valence-electron chi connectivity index (χ1n) is 10.7. The van der Waals surface area contributed by atoms with Crippen LogP contribution in [0.4, 0.5) is 10.1 Å². The third-order valence-electron chi connectivity index (χ3n) is 5.14. The van der Waals surface area contributed by atoms with Crippen molar-refractivity contribution in [1.29, 1.82) is 0 Å². The first-order valence-corrected chi connectivity index (χ1v) is 12.3. The highest BCUT2D eigenvalue weighted by molar-refractivity contribution is 8.18. The number of carboxylic acids is 1. The van der Waals surface area contributed by atoms with Crippen LogP contribution < -0.4 is 4.74 Å². The van der Waals surface area contributed by atoms with Crippen molar-refractivity contribution in [3.63, 3.8) is 0 Å². The standard InChI is InChI=1S/C26H19Cl2FN2O4S/c1-2-31-24(32)22(36-26(31)30-19-5-3-4-17(13-19)25(33)34)12-16-10-20(27)23(21(28)11-16)35-14-15-6-8-18(29)9-7-15/h3-13H,2,14H2,1H3,(H,33,34)/b22-12-,30-26?. The van der Waals surface area contributed by atoms with Crippen molar-refractivity contribution in [1.82, 2.24) is 4.90 Å². The third-order valence-corrected chi connectivity index (χ3v) is 6.71. The zero-order valence-corrected chi connectivity index (χ0v) is 21.2. The Hall–Kier alpha value is -3.33. The van der Waals surface area contributed by atoms with Crippen LogP contribution in [0.15, 0.2) is 70.6 Å². The maximum absolute atomic E-state index is 13.1. The summed E-state index contributed by atoms with van der Waals surface area (Å²) in [5.74, 6) is -1.35. The summed E-state index contributed by atoms with van der Waals surface area (Å²) < 4.78 is 18.8. The van der Waals surface area contributed by atoms with Crippen molar-refractivity contribution in [3.05, 3.63) is 98.1 Å². The second-order valence-electron chi connectivity index (χ2n) is 7.64. The monoisotopic (exact) mass is 544 g/mol. The van der Waals surface area contributed by atoms with Gasteiger partial charge in [0.25, 0.3) is 5.91 Å². The third kappa shape index (κ3) is 5.90. The van der Waals surface area contributed by atoms with Gasteiger partial charge in [0.15, 0.2) is 10.9 Å². The zero-order chi connectivity index (χ0) is 25.8. The molecule has 1 saturated heterocycles. The normalized spacial score (nSPS) is 15.7. The Morgan fingerprint density at radius 1 is 1.14 bits per heavy atom. The number of hydrogen-bond acceptors (Lipinski definition) is 5. The lowest BCUT2D eigenvalue weighted by molar-refractivity contribution is -0.122. The lowest BCUT2D eigenvalue weighted by Gasteiger charge is -2.12. The van der Waals surface area contributed by atoms with Crippen molar-refractivity contribution >= 4 is 63.8 Å². The number of amidine groups is 1. The van der Waals surface area contributed by atoms with E-state index in [9.17, 15) is 19.1 Å². The summed E-state index contributed by atoms with van der Waals surface area (Å²) in [4.78, 5) is 30.6. The minimum absolute atomic E-state index is 0.107. The fourth-order valence-corrected chi connectivity index (χ4v) is 5.05. The van der Waals surface area contributed by atoms with Gasteiger partial charge in [0.05, 0.1) is 26.2 Å². The number of ether oxygens (including phenoxy) is 1. The van der Waals surface area contributed by atoms with Crippen molar-refractivity contribution in [3.8, 4) is 5.75 Å². The number of rotatable bonds is 7. The number of nitrogens with zero attached hydrogens (tertiary/aromatic N) is 2. The summed E-state index contributed by atoms with van der Waals surface area (Å²) in [6.45, 7) is 2.37. The lowest BCUT2D eigenvalue weighted by Crippen LogP contribution is -2.28. The maximum Gasteiger partial charge on any atom is 0.335 e. The van der Waals surface area contributed by atoms with Crippen LogP contribution >= 0.6 is 35.0 Å². The average molecular weight is 545 g/mol. The fourth-order valence-electron chi connectivity index (χ4n) is 3.38. The Kier molecular flexibility index (Phi) is 7.98. The Balaban J connectivity index is 1.56. The molecule has 3 aromatic rings. The molecular formula is C26H19Cl2FN2O4S. The van der Waals surface area contributed by atoms with Crippen LogP contribution in [0.2, 0.25) is 10.0 Å². The fraction of sp³-hybridized carbons (Fsp3) is 0.115. The van der Waals surface area contributed by atoms with Gasteiger partial charge in [0.1, 0.15) is 12.4 Å². The van der Waals surface area contributed by atoms with Crippen molar-refractivity contribution < 1.29 is 23.8 Å². The summed E-state index contributed by atoms with van der Waals surface area (Å²) in [5, 5.41) is 10.2. The second-order valence-corrected chi connectivity index (χ2v) is 9.46. The number of aromatic carboxylic acids is 1. The van der Waals surface area contributed by atoms with Crippen LogP contribution in [0, 0.1) is 5.82 Å². The van der Waals surface area contributed by atoms with Crippen LogP contribution in [-0.4, -0.2) is 33.6 Å². The molecule has 1 heterocycles. The van der Waals surface area contributed by atoms with Gasteiger partial charge in [-0.05, 0) is 78.4 Å². The first-order chi connectivity index (χ1) is 17.2. The molecule has 0 radical (unpaired) electrons. The van der Waals surface area contributed by atoms with E-state index in [1.807, 2.05) is 6.92 Å². The molecule has 0 atom stereocenters. The molecule has 36 heavy (non-hydrogen) atoms. The number of likely N-dealkylation sites (N-methyl/N-ethyl adjacent to an activating group) is 1. The van der Waals surface area contributed by atoms with E-state index in [4.69, 9.17) is 27.9 Å². The Labute approximate surface area is 221 Å². The zero-order valence-electron chi connectivity index (χ0n) is 18.9. The molecule has 10 heteroatoms. The first kappa shape index (κ1) is 25.8. The van der Waals surface area contributed by atoms with Crippen molar-refractivity contribution in [2.45, 2.75) is 13.5 Å². The second kappa shape index (κ2) is 11.2. The number of carboxylic acid groups (broad SMARTS) is 1. The molecule has 3 aromatic carbocycles. The van der Waals surface area contributed by atoms with E-state index in [2.05, 4.69) is 4.99 Å². The molecule has 0 spiro atoms. The maximum atomic E-state index is 13.1. The number of hydrogen-bond donors (Lipinski definition) is 1. The smallest absolute Gasteiger partial charge is 0.335 e. The van der Waals surface area contributed by atoms with Gasteiger partial charge in [-0.25, -0.2) is 14.2 Å². The summed E-state index contributed by atoms with van der Waals surface area (Å²) in [7, 11) is 0. The van der Waals surface area contributed by atoms with E-state index in [1.54, 1.807) is 42.5 Å². The SMILES string of the molecule is CCN1C(=O)/C(=C/c2cc(Cl)c(OCc3ccc(F)cc3)c(Cl)c2)SC1=Nc1cccc(C(=O)O)c1. The Morgan fingerprint density at radius 2 is 1.83 bits per heavy atom. The molecule has 6 nitrogen and oxygen atoms in total. The molecule has 4 rings (SSSR count). The van der Waals surface area contributed by atoms with E-state index in [1.165, 1.54) is 40.9 Å². The molecule has 1 aliphatic rings. The summed E-state index contributed by atoms with van der Waals surface area (Å²) in [6, 6.07) is 15.4. The summed E-state index contributed by atoms with van der Waals surface area (Å²) in [5.41, 5.74) is 1.89. The topological polar surface area (TPSA) is 79.2 Å². The molecule has 1 fully saturated rings. The molecule has 0 unspecified atom stereocenters. The number of benzene rings is 3. The average Bonchev–Trinajstić information content (AvgIpc) is 3.13. The molecule has 1 aliphatic heterocycles. The minimum Gasteiger partial charge on any atom is -0.486 e. The molecule has 1 N–H and O–H groups in total. The number of amides is 1. The van der Waals surface area contributed by atoms with E-state index < -0.39 is 5.97 Å². The molecule has 0 saturated carbocycles. The van der Waals surface area contributed by atoms with E-state index in [0.717, 1.165) is 5.56 Å². The van der Waals surface area contributed by atoms with Crippen LogP contribution in [0.25, 0.3) is 6.08 Å². The number of aliphatic imine (C=N–C) groups is 1.